The van der Waals surface area contributed by atoms with E-state index in [1.165, 1.54) is 5.56 Å². The number of fused-ring (bicyclic) bond motifs is 1. The average Bonchev–Trinajstić information content (AvgIpc) is 2.46. The van der Waals surface area contributed by atoms with Gasteiger partial charge >= 0.3 is 0 Å². The molecule has 2 rings (SSSR count). The van der Waals surface area contributed by atoms with Crippen LogP contribution in [0.4, 0.5) is 5.82 Å². The molecule has 0 aliphatic rings. The highest BCUT2D eigenvalue weighted by molar-refractivity contribution is 5.81. The lowest BCUT2D eigenvalue weighted by Gasteiger charge is -2.23. The predicted octanol–water partition coefficient (Wildman–Crippen LogP) is 2.55. The molecule has 0 radical (unpaired) electrons. The van der Waals surface area contributed by atoms with E-state index in [-0.39, 0.29) is 6.10 Å². The van der Waals surface area contributed by atoms with Gasteiger partial charge in [-0.2, -0.15) is 0 Å². The summed E-state index contributed by atoms with van der Waals surface area (Å²) in [7, 11) is 1.98. The molecule has 4 nitrogen and oxygen atoms in total. The van der Waals surface area contributed by atoms with E-state index in [4.69, 9.17) is 4.98 Å². The van der Waals surface area contributed by atoms with Crippen molar-refractivity contribution < 1.29 is 5.11 Å². The molecule has 0 saturated carbocycles. The van der Waals surface area contributed by atoms with Crippen LogP contribution in [0.2, 0.25) is 0 Å². The third-order valence-corrected chi connectivity index (χ3v) is 3.42. The van der Waals surface area contributed by atoms with Crippen LogP contribution in [0.5, 0.6) is 0 Å². The van der Waals surface area contributed by atoms with Crippen molar-refractivity contribution in [3.05, 3.63) is 35.9 Å². The number of anilines is 1. The maximum atomic E-state index is 9.62. The lowest BCUT2D eigenvalue weighted by atomic mass is 10.1. The van der Waals surface area contributed by atoms with Crippen molar-refractivity contribution in [2.45, 2.75) is 32.9 Å². The number of para-hydroxylation sites is 1. The fourth-order valence-electron chi connectivity index (χ4n) is 2.49. The molecule has 0 aliphatic heterocycles. The van der Waals surface area contributed by atoms with Gasteiger partial charge in [-0.25, -0.2) is 4.98 Å². The summed E-state index contributed by atoms with van der Waals surface area (Å²) in [6.45, 7) is 6.32. The number of nitrogens with one attached hydrogen (secondary N) is 1. The average molecular weight is 287 g/mol. The Morgan fingerprint density at radius 1 is 1.33 bits per heavy atom. The summed E-state index contributed by atoms with van der Waals surface area (Å²) in [6.07, 6.45) is 0.736. The lowest BCUT2D eigenvalue weighted by molar-refractivity contribution is 0.201. The molecule has 0 saturated heterocycles. The number of hydrogen-bond acceptors (Lipinski definition) is 4. The Morgan fingerprint density at radius 3 is 2.81 bits per heavy atom. The Labute approximate surface area is 126 Å². The molecule has 1 aromatic carbocycles. The molecule has 1 aromatic heterocycles. The van der Waals surface area contributed by atoms with Crippen LogP contribution in [0.25, 0.3) is 10.9 Å². The highest BCUT2D eigenvalue weighted by Crippen LogP contribution is 2.23. The fraction of sp³-hybridized carbons (Fsp3) is 0.471. The first-order chi connectivity index (χ1) is 10.1. The second kappa shape index (κ2) is 7.38. The highest BCUT2D eigenvalue weighted by atomic mass is 16.3. The summed E-state index contributed by atoms with van der Waals surface area (Å²) in [6, 6.07) is 10.3. The molecule has 21 heavy (non-hydrogen) atoms. The number of likely N-dealkylation sites (N-methyl/N-ethyl adjacent to an activating group) is 1. The van der Waals surface area contributed by atoms with Crippen molar-refractivity contribution in [3.63, 3.8) is 0 Å². The first-order valence-corrected chi connectivity index (χ1v) is 7.60. The van der Waals surface area contributed by atoms with Crippen molar-refractivity contribution in [2.75, 3.05) is 25.0 Å². The lowest BCUT2D eigenvalue weighted by Crippen LogP contribution is -2.29. The Hall–Kier alpha value is -1.65. The van der Waals surface area contributed by atoms with Gasteiger partial charge in [0, 0.05) is 31.1 Å². The van der Waals surface area contributed by atoms with Crippen LogP contribution >= 0.6 is 0 Å². The van der Waals surface area contributed by atoms with Crippen molar-refractivity contribution in [1.82, 2.24) is 10.3 Å². The van der Waals surface area contributed by atoms with E-state index < -0.39 is 0 Å². The summed E-state index contributed by atoms with van der Waals surface area (Å²) in [5, 5.41) is 14.2. The van der Waals surface area contributed by atoms with Crippen LogP contribution < -0.4 is 10.2 Å². The number of rotatable bonds is 7. The topological polar surface area (TPSA) is 48.4 Å². The van der Waals surface area contributed by atoms with Gasteiger partial charge in [0.15, 0.2) is 0 Å². The maximum absolute atomic E-state index is 9.62. The zero-order valence-corrected chi connectivity index (χ0v) is 13.1. The van der Waals surface area contributed by atoms with Gasteiger partial charge in [-0.1, -0.05) is 25.1 Å². The van der Waals surface area contributed by atoms with Gasteiger partial charge in [0.25, 0.3) is 0 Å². The van der Waals surface area contributed by atoms with Crippen LogP contribution in [0, 0.1) is 0 Å². The zero-order chi connectivity index (χ0) is 15.2. The van der Waals surface area contributed by atoms with Crippen LogP contribution in [0.15, 0.2) is 30.3 Å². The largest absolute Gasteiger partial charge is 0.392 e. The zero-order valence-electron chi connectivity index (χ0n) is 13.1. The van der Waals surface area contributed by atoms with Crippen LogP contribution in [-0.4, -0.2) is 36.3 Å². The molecule has 2 aromatic rings. The van der Waals surface area contributed by atoms with Crippen molar-refractivity contribution in [3.8, 4) is 0 Å². The molecule has 1 unspecified atom stereocenters. The molecule has 0 amide bonds. The minimum Gasteiger partial charge on any atom is -0.392 e. The SMILES string of the molecule is CCCNCc1cc2ccccc2nc1N(C)CC(C)O. The molecule has 4 heteroatoms. The second-order valence-electron chi connectivity index (χ2n) is 5.57. The summed E-state index contributed by atoms with van der Waals surface area (Å²) >= 11 is 0. The van der Waals surface area contributed by atoms with Crippen molar-refractivity contribution in [1.29, 1.82) is 0 Å². The van der Waals surface area contributed by atoms with Gasteiger partial charge in [-0.15, -0.1) is 0 Å². The predicted molar refractivity (Wildman–Crippen MR) is 88.7 cm³/mol. The molecule has 1 atom stereocenters. The third kappa shape index (κ3) is 4.16. The van der Waals surface area contributed by atoms with Gasteiger partial charge in [0.2, 0.25) is 0 Å². The number of nitrogens with zero attached hydrogens (tertiary/aromatic N) is 2. The van der Waals surface area contributed by atoms with Gasteiger partial charge in [0.1, 0.15) is 5.82 Å². The summed E-state index contributed by atoms with van der Waals surface area (Å²) in [5.41, 5.74) is 2.16. The van der Waals surface area contributed by atoms with Crippen LogP contribution in [0.3, 0.4) is 0 Å². The maximum Gasteiger partial charge on any atom is 0.133 e. The summed E-state index contributed by atoms with van der Waals surface area (Å²) in [4.78, 5) is 6.81. The quantitative estimate of drug-likeness (QED) is 0.768. The number of hydrogen-bond donors (Lipinski definition) is 2. The first kappa shape index (κ1) is 15.7. The Kier molecular flexibility index (Phi) is 5.53. The second-order valence-corrected chi connectivity index (χ2v) is 5.57. The first-order valence-electron chi connectivity index (χ1n) is 7.60. The Bertz CT molecular complexity index is 583. The summed E-state index contributed by atoms with van der Waals surface area (Å²) < 4.78 is 0. The van der Waals surface area contributed by atoms with Gasteiger partial charge in [0.05, 0.1) is 11.6 Å². The van der Waals surface area contributed by atoms with E-state index in [1.54, 1.807) is 6.92 Å². The molecule has 0 spiro atoms. The number of aromatic nitrogens is 1. The van der Waals surface area contributed by atoms with E-state index in [9.17, 15) is 5.11 Å². The number of aliphatic hydroxyl groups is 1. The standard InChI is InChI=1S/C17H25N3O/c1-4-9-18-11-15-10-14-7-5-6-8-16(14)19-17(15)20(3)12-13(2)21/h5-8,10,13,18,21H,4,9,11-12H2,1-3H3. The van der Waals surface area contributed by atoms with E-state index in [1.807, 2.05) is 30.1 Å². The third-order valence-electron chi connectivity index (χ3n) is 3.42. The fourth-order valence-corrected chi connectivity index (χ4v) is 2.49. The van der Waals surface area contributed by atoms with Gasteiger partial charge in [-0.05, 0) is 32.0 Å². The Morgan fingerprint density at radius 2 is 2.10 bits per heavy atom. The molecule has 0 fully saturated rings. The number of pyridine rings is 1. The monoisotopic (exact) mass is 287 g/mol. The molecule has 0 aliphatic carbocycles. The number of aliphatic hydroxyl groups excluding tert-OH is 1. The molecule has 114 valence electrons. The summed E-state index contributed by atoms with van der Waals surface area (Å²) in [5.74, 6) is 0.943. The highest BCUT2D eigenvalue weighted by Gasteiger charge is 2.12. The number of benzene rings is 1. The van der Waals surface area contributed by atoms with E-state index in [0.717, 1.165) is 36.2 Å². The molecular formula is C17H25N3O. The molecular weight excluding hydrogens is 262 g/mol. The Balaban J connectivity index is 2.35. The normalized spacial score (nSPS) is 12.6. The van der Waals surface area contributed by atoms with Crippen molar-refractivity contribution in [2.24, 2.45) is 0 Å². The van der Waals surface area contributed by atoms with Gasteiger partial charge in [-0.3, -0.25) is 0 Å². The van der Waals surface area contributed by atoms with Gasteiger partial charge < -0.3 is 15.3 Å². The van der Waals surface area contributed by atoms with E-state index in [2.05, 4.69) is 24.4 Å². The molecule has 2 N–H and O–H groups in total. The van der Waals surface area contributed by atoms with E-state index in [0.29, 0.717) is 6.54 Å². The molecule has 1 heterocycles. The van der Waals surface area contributed by atoms with E-state index >= 15 is 0 Å². The smallest absolute Gasteiger partial charge is 0.133 e. The van der Waals surface area contributed by atoms with Crippen LogP contribution in [-0.2, 0) is 6.54 Å². The van der Waals surface area contributed by atoms with Crippen LogP contribution in [0.1, 0.15) is 25.8 Å². The minimum absolute atomic E-state index is 0.375. The van der Waals surface area contributed by atoms with Crippen molar-refractivity contribution >= 4 is 16.7 Å². The minimum atomic E-state index is -0.375. The molecule has 0 bridgehead atoms.